The zero-order valence-electron chi connectivity index (χ0n) is 18.5. The first-order valence-electron chi connectivity index (χ1n) is 10.5. The van der Waals surface area contributed by atoms with E-state index in [-0.39, 0.29) is 24.0 Å². The van der Waals surface area contributed by atoms with E-state index < -0.39 is 15.9 Å². The number of aliphatic hydroxyl groups is 1. The second-order valence-corrected chi connectivity index (χ2v) is 11.6. The third-order valence-electron chi connectivity index (χ3n) is 5.33. The van der Waals surface area contributed by atoms with Gasteiger partial charge in [-0.05, 0) is 35.9 Å². The van der Waals surface area contributed by atoms with Crippen LogP contribution in [0.2, 0.25) is 5.02 Å². The van der Waals surface area contributed by atoms with Gasteiger partial charge in [-0.1, -0.05) is 18.5 Å². The van der Waals surface area contributed by atoms with Gasteiger partial charge in [0.15, 0.2) is 21.3 Å². The zero-order valence-corrected chi connectivity index (χ0v) is 20.9. The summed E-state index contributed by atoms with van der Waals surface area (Å²) in [7, 11) is -1.85. The molecule has 4 rings (SSSR count). The van der Waals surface area contributed by atoms with Gasteiger partial charge in [0.05, 0.1) is 39.9 Å². The van der Waals surface area contributed by atoms with Crippen LogP contribution in [0, 0.1) is 0 Å². The third kappa shape index (κ3) is 5.20. The lowest BCUT2D eigenvalue weighted by Crippen LogP contribution is -2.28. The van der Waals surface area contributed by atoms with Crippen LogP contribution in [-0.2, 0) is 16.4 Å². The molecule has 1 unspecified atom stereocenters. The van der Waals surface area contributed by atoms with Gasteiger partial charge < -0.3 is 19.5 Å². The number of pyridine rings is 1. The highest BCUT2D eigenvalue weighted by molar-refractivity contribution is 7.91. The standard InChI is InChI=1S/C23H23ClN2O6S2/c1-3-34(29,30)13-17(27)12-32-19-7-5-16(9-20(19)31-2)26-11-14-8-21(33-22(14)23(26)28)18-6-4-15(24)10-25-18/h4-10,17,27H,3,11-13H2,1-2H3. The lowest BCUT2D eigenvalue weighted by atomic mass is 10.2. The van der Waals surface area contributed by atoms with E-state index in [2.05, 4.69) is 4.98 Å². The Morgan fingerprint density at radius 2 is 2.03 bits per heavy atom. The Kier molecular flexibility index (Phi) is 7.13. The molecule has 0 fully saturated rings. The minimum absolute atomic E-state index is 0.0465. The number of aliphatic hydroxyl groups excluding tert-OH is 1. The number of ether oxygens (including phenoxy) is 2. The molecular formula is C23H23ClN2O6S2. The number of methoxy groups -OCH3 is 1. The lowest BCUT2D eigenvalue weighted by molar-refractivity contribution is 0.1000. The summed E-state index contributed by atoms with van der Waals surface area (Å²) in [6, 6.07) is 10.6. The van der Waals surface area contributed by atoms with Crippen molar-refractivity contribution in [1.29, 1.82) is 0 Å². The summed E-state index contributed by atoms with van der Waals surface area (Å²) in [6.45, 7) is 1.74. The van der Waals surface area contributed by atoms with Crippen molar-refractivity contribution < 1.29 is 27.8 Å². The highest BCUT2D eigenvalue weighted by Crippen LogP contribution is 2.40. The number of sulfone groups is 1. The average molecular weight is 523 g/mol. The molecule has 1 aromatic carbocycles. The number of anilines is 1. The van der Waals surface area contributed by atoms with Crippen LogP contribution in [0.1, 0.15) is 22.2 Å². The summed E-state index contributed by atoms with van der Waals surface area (Å²) in [4.78, 5) is 20.6. The number of carbonyl (C=O) groups excluding carboxylic acids is 1. The molecule has 0 spiro atoms. The van der Waals surface area contributed by atoms with Gasteiger partial charge in [0.2, 0.25) is 0 Å². The number of fused-ring (bicyclic) bond motifs is 1. The number of nitrogens with zero attached hydrogens (tertiary/aromatic N) is 2. The van der Waals surface area contributed by atoms with Crippen molar-refractivity contribution >= 4 is 44.4 Å². The maximum atomic E-state index is 13.1. The first-order valence-corrected chi connectivity index (χ1v) is 13.5. The van der Waals surface area contributed by atoms with Crippen LogP contribution < -0.4 is 14.4 Å². The smallest absolute Gasteiger partial charge is 0.269 e. The van der Waals surface area contributed by atoms with Gasteiger partial charge in [0, 0.05) is 23.7 Å². The molecule has 2 aromatic heterocycles. The molecule has 0 saturated carbocycles. The second-order valence-electron chi connectivity index (χ2n) is 7.72. The average Bonchev–Trinajstić information content (AvgIpc) is 3.37. The molecule has 1 aliphatic heterocycles. The highest BCUT2D eigenvalue weighted by atomic mass is 35.5. The van der Waals surface area contributed by atoms with Crippen LogP contribution in [0.15, 0.2) is 42.6 Å². The first kappa shape index (κ1) is 24.5. The Bertz CT molecular complexity index is 1310. The Morgan fingerprint density at radius 1 is 1.24 bits per heavy atom. The Balaban J connectivity index is 1.47. The molecule has 1 amide bonds. The molecule has 180 valence electrons. The number of rotatable bonds is 9. The molecule has 0 bridgehead atoms. The minimum Gasteiger partial charge on any atom is -0.493 e. The largest absolute Gasteiger partial charge is 0.493 e. The summed E-state index contributed by atoms with van der Waals surface area (Å²) in [5.41, 5.74) is 2.32. The summed E-state index contributed by atoms with van der Waals surface area (Å²) >= 11 is 7.30. The molecule has 8 nitrogen and oxygen atoms in total. The highest BCUT2D eigenvalue weighted by Gasteiger charge is 2.32. The van der Waals surface area contributed by atoms with Gasteiger partial charge in [-0.25, -0.2) is 8.42 Å². The predicted molar refractivity (Wildman–Crippen MR) is 132 cm³/mol. The number of halogens is 1. The first-order chi connectivity index (χ1) is 16.2. The number of aromatic nitrogens is 1. The van der Waals surface area contributed by atoms with Crippen molar-refractivity contribution in [2.45, 2.75) is 19.6 Å². The third-order valence-corrected chi connectivity index (χ3v) is 8.52. The molecular weight excluding hydrogens is 500 g/mol. The van der Waals surface area contributed by atoms with Gasteiger partial charge in [-0.3, -0.25) is 9.78 Å². The second kappa shape index (κ2) is 9.91. The summed E-state index contributed by atoms with van der Waals surface area (Å²) < 4.78 is 34.3. The maximum absolute atomic E-state index is 13.1. The van der Waals surface area contributed by atoms with Gasteiger partial charge in [-0.15, -0.1) is 11.3 Å². The molecule has 1 N–H and O–H groups in total. The number of benzene rings is 1. The summed E-state index contributed by atoms with van der Waals surface area (Å²) in [5.74, 6) is 0.182. The van der Waals surface area contributed by atoms with Crippen molar-refractivity contribution in [3.63, 3.8) is 0 Å². The predicted octanol–water partition coefficient (Wildman–Crippen LogP) is 3.81. The van der Waals surface area contributed by atoms with E-state index in [9.17, 15) is 18.3 Å². The van der Waals surface area contributed by atoms with Crippen molar-refractivity contribution in [3.8, 4) is 22.1 Å². The van der Waals surface area contributed by atoms with Crippen molar-refractivity contribution in [2.24, 2.45) is 0 Å². The molecule has 0 saturated heterocycles. The molecule has 0 radical (unpaired) electrons. The van der Waals surface area contributed by atoms with Crippen LogP contribution in [0.5, 0.6) is 11.5 Å². The molecule has 1 atom stereocenters. The van der Waals surface area contributed by atoms with Crippen LogP contribution in [-0.4, -0.2) is 55.7 Å². The number of amides is 1. The van der Waals surface area contributed by atoms with E-state index in [4.69, 9.17) is 21.1 Å². The molecule has 1 aliphatic rings. The summed E-state index contributed by atoms with van der Waals surface area (Å²) in [5, 5.41) is 10.5. The maximum Gasteiger partial charge on any atom is 0.269 e. The van der Waals surface area contributed by atoms with E-state index in [0.717, 1.165) is 16.1 Å². The Hall–Kier alpha value is -2.66. The quantitative estimate of drug-likeness (QED) is 0.455. The number of thiophene rings is 1. The topological polar surface area (TPSA) is 106 Å². The van der Waals surface area contributed by atoms with Crippen molar-refractivity contribution in [1.82, 2.24) is 4.98 Å². The monoisotopic (exact) mass is 522 g/mol. The fourth-order valence-corrected chi connectivity index (χ4v) is 5.67. The number of hydrogen-bond donors (Lipinski definition) is 1. The zero-order chi connectivity index (χ0) is 24.5. The molecule has 3 aromatic rings. The van der Waals surface area contributed by atoms with Gasteiger partial charge in [0.25, 0.3) is 5.91 Å². The van der Waals surface area contributed by atoms with E-state index in [1.165, 1.54) is 25.4 Å². The van der Waals surface area contributed by atoms with Crippen molar-refractivity contribution in [2.75, 3.05) is 30.1 Å². The van der Waals surface area contributed by atoms with E-state index in [0.29, 0.717) is 33.6 Å². The minimum atomic E-state index is -3.32. The van der Waals surface area contributed by atoms with Crippen LogP contribution in [0.3, 0.4) is 0 Å². The Morgan fingerprint density at radius 3 is 2.68 bits per heavy atom. The Labute approximate surface area is 206 Å². The van der Waals surface area contributed by atoms with Crippen molar-refractivity contribution in [3.05, 3.63) is 58.1 Å². The summed E-state index contributed by atoms with van der Waals surface area (Å²) in [6.07, 6.45) is 0.419. The molecule has 34 heavy (non-hydrogen) atoms. The molecule has 11 heteroatoms. The van der Waals surface area contributed by atoms with Gasteiger partial charge in [0.1, 0.15) is 12.7 Å². The fraction of sp³-hybridized carbons (Fsp3) is 0.304. The molecule has 3 heterocycles. The molecule has 0 aliphatic carbocycles. The van der Waals surface area contributed by atoms with E-state index in [1.807, 2.05) is 12.1 Å². The van der Waals surface area contributed by atoms with E-state index in [1.54, 1.807) is 35.4 Å². The van der Waals surface area contributed by atoms with Crippen LogP contribution >= 0.6 is 22.9 Å². The number of hydrogen-bond acceptors (Lipinski definition) is 8. The normalized spacial score (nSPS) is 14.2. The SMILES string of the molecule is CCS(=O)(=O)CC(O)COc1ccc(N2Cc3cc(-c4ccc(Cl)cn4)sc3C2=O)cc1OC. The van der Waals surface area contributed by atoms with Crippen LogP contribution in [0.4, 0.5) is 5.69 Å². The van der Waals surface area contributed by atoms with E-state index >= 15 is 0 Å². The lowest BCUT2D eigenvalue weighted by Gasteiger charge is -2.19. The van der Waals surface area contributed by atoms with Crippen LogP contribution in [0.25, 0.3) is 10.6 Å². The number of carbonyl (C=O) groups is 1. The fourth-order valence-electron chi connectivity index (χ4n) is 3.54. The van der Waals surface area contributed by atoms with Gasteiger partial charge in [-0.2, -0.15) is 0 Å². The van der Waals surface area contributed by atoms with Gasteiger partial charge >= 0.3 is 0 Å².